The molecule has 3 nitrogen and oxygen atoms in total. The Morgan fingerprint density at radius 2 is 2.16 bits per heavy atom. The molecule has 1 fully saturated rings. The average Bonchev–Trinajstić information content (AvgIpc) is 2.33. The molecule has 1 saturated carbocycles. The molecule has 3 heteroatoms. The summed E-state index contributed by atoms with van der Waals surface area (Å²) in [6, 6.07) is 4.10. The maximum absolute atomic E-state index is 11.4. The van der Waals surface area contributed by atoms with Crippen molar-refractivity contribution in [1.29, 1.82) is 0 Å². The molecule has 0 radical (unpaired) electrons. The van der Waals surface area contributed by atoms with Crippen LogP contribution >= 0.6 is 0 Å². The first-order chi connectivity index (χ1) is 9.04. The van der Waals surface area contributed by atoms with Gasteiger partial charge >= 0.3 is 0 Å². The summed E-state index contributed by atoms with van der Waals surface area (Å²) >= 11 is 0. The highest BCUT2D eigenvalue weighted by Gasteiger charge is 2.22. The lowest BCUT2D eigenvalue weighted by Gasteiger charge is -2.31. The monoisotopic (exact) mass is 262 g/mol. The molecule has 1 aliphatic rings. The molecule has 0 aliphatic heterocycles. The smallest absolute Gasteiger partial charge is 0.250 e. The first-order valence-electron chi connectivity index (χ1n) is 7.48. The summed E-state index contributed by atoms with van der Waals surface area (Å²) in [5, 5.41) is 3.59. The van der Waals surface area contributed by atoms with Gasteiger partial charge in [-0.3, -0.25) is 4.79 Å². The number of aromatic nitrogens is 1. The third-order valence-electron chi connectivity index (χ3n) is 4.04. The van der Waals surface area contributed by atoms with E-state index in [-0.39, 0.29) is 5.56 Å². The maximum atomic E-state index is 11.4. The summed E-state index contributed by atoms with van der Waals surface area (Å²) in [4.78, 5) is 11.4. The second-order valence-corrected chi connectivity index (χ2v) is 6.37. The Bertz CT molecular complexity index is 464. The van der Waals surface area contributed by atoms with Crippen molar-refractivity contribution in [3.8, 4) is 0 Å². The van der Waals surface area contributed by atoms with Crippen molar-refractivity contribution in [2.75, 3.05) is 5.32 Å². The number of hydrogen-bond donors (Lipinski definition) is 1. The molecule has 2 unspecified atom stereocenters. The van der Waals surface area contributed by atoms with E-state index in [4.69, 9.17) is 0 Å². The summed E-state index contributed by atoms with van der Waals surface area (Å²) in [5.74, 6) is 1.65. The SMILES string of the molecule is CC(C)CC1CCCC(Nc2ccc(=O)n(C)c2)C1. The fraction of sp³-hybridized carbons (Fsp3) is 0.688. The van der Waals surface area contributed by atoms with Crippen molar-refractivity contribution in [1.82, 2.24) is 4.57 Å². The van der Waals surface area contributed by atoms with Crippen LogP contribution in [0.25, 0.3) is 0 Å². The molecule has 106 valence electrons. The molecular weight excluding hydrogens is 236 g/mol. The van der Waals surface area contributed by atoms with Crippen molar-refractivity contribution in [3.63, 3.8) is 0 Å². The lowest BCUT2D eigenvalue weighted by Crippen LogP contribution is -2.28. The third-order valence-corrected chi connectivity index (χ3v) is 4.04. The van der Waals surface area contributed by atoms with Gasteiger partial charge in [-0.15, -0.1) is 0 Å². The standard InChI is InChI=1S/C16H26N2O/c1-12(2)9-13-5-4-6-14(10-13)17-15-7-8-16(19)18(3)11-15/h7-8,11-14,17H,4-6,9-10H2,1-3H3. The number of anilines is 1. The maximum Gasteiger partial charge on any atom is 0.250 e. The minimum Gasteiger partial charge on any atom is -0.381 e. The van der Waals surface area contributed by atoms with E-state index in [9.17, 15) is 4.79 Å². The highest BCUT2D eigenvalue weighted by atomic mass is 16.1. The Kier molecular flexibility index (Phi) is 4.67. The topological polar surface area (TPSA) is 34.0 Å². The van der Waals surface area contributed by atoms with Crippen molar-refractivity contribution >= 4 is 5.69 Å². The van der Waals surface area contributed by atoms with Gasteiger partial charge in [-0.05, 0) is 37.2 Å². The molecular formula is C16H26N2O. The van der Waals surface area contributed by atoms with Crippen LogP contribution in [0.2, 0.25) is 0 Å². The molecule has 0 bridgehead atoms. The zero-order valence-electron chi connectivity index (χ0n) is 12.4. The fourth-order valence-electron chi connectivity index (χ4n) is 3.22. The van der Waals surface area contributed by atoms with Crippen molar-refractivity contribution in [3.05, 3.63) is 28.7 Å². The van der Waals surface area contributed by atoms with Gasteiger partial charge in [-0.2, -0.15) is 0 Å². The van der Waals surface area contributed by atoms with Gasteiger partial charge in [0, 0.05) is 25.4 Å². The van der Waals surface area contributed by atoms with E-state index in [1.54, 1.807) is 17.7 Å². The molecule has 19 heavy (non-hydrogen) atoms. The van der Waals surface area contributed by atoms with Gasteiger partial charge in [0.05, 0.1) is 5.69 Å². The first-order valence-corrected chi connectivity index (χ1v) is 7.48. The van der Waals surface area contributed by atoms with E-state index >= 15 is 0 Å². The molecule has 0 spiro atoms. The second kappa shape index (κ2) is 6.27. The normalized spacial score (nSPS) is 23.6. The Morgan fingerprint density at radius 1 is 1.37 bits per heavy atom. The van der Waals surface area contributed by atoms with E-state index in [0.29, 0.717) is 6.04 Å². The van der Waals surface area contributed by atoms with Crippen LogP contribution in [0.4, 0.5) is 5.69 Å². The third kappa shape index (κ3) is 4.12. The van der Waals surface area contributed by atoms with Crippen LogP contribution in [0, 0.1) is 11.8 Å². The van der Waals surface area contributed by atoms with E-state index in [1.807, 2.05) is 12.3 Å². The predicted molar refractivity (Wildman–Crippen MR) is 80.5 cm³/mol. The number of pyridine rings is 1. The lowest BCUT2D eigenvalue weighted by atomic mass is 9.81. The zero-order chi connectivity index (χ0) is 13.8. The Balaban J connectivity index is 1.94. The van der Waals surface area contributed by atoms with Crippen LogP contribution in [-0.4, -0.2) is 10.6 Å². The van der Waals surface area contributed by atoms with Gasteiger partial charge in [0.2, 0.25) is 5.56 Å². The van der Waals surface area contributed by atoms with Crippen molar-refractivity contribution < 1.29 is 0 Å². The summed E-state index contributed by atoms with van der Waals surface area (Å²) in [5.41, 5.74) is 1.11. The van der Waals surface area contributed by atoms with Crippen molar-refractivity contribution in [2.24, 2.45) is 18.9 Å². The highest BCUT2D eigenvalue weighted by molar-refractivity contribution is 5.41. The fourth-order valence-corrected chi connectivity index (χ4v) is 3.22. The molecule has 0 aromatic carbocycles. The molecule has 1 N–H and O–H groups in total. The summed E-state index contributed by atoms with van der Waals surface area (Å²) in [7, 11) is 1.80. The second-order valence-electron chi connectivity index (χ2n) is 6.37. The zero-order valence-corrected chi connectivity index (χ0v) is 12.4. The largest absolute Gasteiger partial charge is 0.381 e. The van der Waals surface area contributed by atoms with E-state index in [2.05, 4.69) is 19.2 Å². The Morgan fingerprint density at radius 3 is 2.84 bits per heavy atom. The van der Waals surface area contributed by atoms with Crippen LogP contribution in [0.3, 0.4) is 0 Å². The van der Waals surface area contributed by atoms with Crippen LogP contribution in [0.1, 0.15) is 46.0 Å². The quantitative estimate of drug-likeness (QED) is 0.902. The summed E-state index contributed by atoms with van der Waals surface area (Å²) in [6.07, 6.45) is 8.45. The number of rotatable bonds is 4. The van der Waals surface area contributed by atoms with E-state index in [1.165, 1.54) is 32.1 Å². The molecule has 1 aromatic heterocycles. The van der Waals surface area contributed by atoms with Gasteiger partial charge in [0.1, 0.15) is 0 Å². The molecule has 2 atom stereocenters. The van der Waals surface area contributed by atoms with Crippen LogP contribution in [0.15, 0.2) is 23.1 Å². The molecule has 0 saturated heterocycles. The highest BCUT2D eigenvalue weighted by Crippen LogP contribution is 2.30. The van der Waals surface area contributed by atoms with Crippen molar-refractivity contribution in [2.45, 2.75) is 52.0 Å². The van der Waals surface area contributed by atoms with Crippen LogP contribution in [0.5, 0.6) is 0 Å². The van der Waals surface area contributed by atoms with Crippen LogP contribution in [-0.2, 0) is 7.05 Å². The predicted octanol–water partition coefficient (Wildman–Crippen LogP) is 3.40. The average molecular weight is 262 g/mol. The van der Waals surface area contributed by atoms with E-state index < -0.39 is 0 Å². The molecule has 1 heterocycles. The number of nitrogens with zero attached hydrogens (tertiary/aromatic N) is 1. The minimum atomic E-state index is 0.0480. The number of aryl methyl sites for hydroxylation is 1. The molecule has 0 amide bonds. The van der Waals surface area contributed by atoms with Gasteiger partial charge in [-0.25, -0.2) is 0 Å². The molecule has 1 aromatic rings. The van der Waals surface area contributed by atoms with Crippen LogP contribution < -0.4 is 10.9 Å². The Labute approximate surface area is 116 Å². The molecule has 1 aliphatic carbocycles. The van der Waals surface area contributed by atoms with Gasteiger partial charge in [0.25, 0.3) is 0 Å². The minimum absolute atomic E-state index is 0.0480. The molecule has 2 rings (SSSR count). The first kappa shape index (κ1) is 14.2. The van der Waals surface area contributed by atoms with Gasteiger partial charge < -0.3 is 9.88 Å². The number of nitrogens with one attached hydrogen (secondary N) is 1. The number of hydrogen-bond acceptors (Lipinski definition) is 2. The van der Waals surface area contributed by atoms with E-state index in [0.717, 1.165) is 17.5 Å². The van der Waals surface area contributed by atoms with Gasteiger partial charge in [0.15, 0.2) is 0 Å². The van der Waals surface area contributed by atoms with Gasteiger partial charge in [-0.1, -0.05) is 26.7 Å². The summed E-state index contributed by atoms with van der Waals surface area (Å²) < 4.78 is 1.64. The Hall–Kier alpha value is -1.25. The summed E-state index contributed by atoms with van der Waals surface area (Å²) in [6.45, 7) is 4.62. The lowest BCUT2D eigenvalue weighted by molar-refractivity contribution is 0.289.